The lowest BCUT2D eigenvalue weighted by Crippen LogP contribution is -2.41. The summed E-state index contributed by atoms with van der Waals surface area (Å²) in [6.07, 6.45) is 0.331. The van der Waals surface area contributed by atoms with Gasteiger partial charge in [0, 0.05) is 5.54 Å². The zero-order chi connectivity index (χ0) is 13.8. The molecule has 1 N–H and O–H groups in total. The molecule has 100 valence electrons. The van der Waals surface area contributed by atoms with Crippen LogP contribution in [0.4, 0.5) is 0 Å². The number of methoxy groups -OCH3 is 2. The molecule has 4 heteroatoms. The first-order valence-corrected chi connectivity index (χ1v) is 5.87. The fourth-order valence-corrected chi connectivity index (χ4v) is 1.64. The number of rotatable bonds is 4. The van der Waals surface area contributed by atoms with Gasteiger partial charge in [0.25, 0.3) is 0 Å². The van der Waals surface area contributed by atoms with E-state index in [2.05, 4.69) is 5.32 Å². The number of carbonyl (C=O) groups is 1. The maximum Gasteiger partial charge on any atom is 0.224 e. The number of amides is 1. The molecule has 0 unspecified atom stereocenters. The lowest BCUT2D eigenvalue weighted by atomic mass is 10.1. The first kappa shape index (κ1) is 14.4. The van der Waals surface area contributed by atoms with Crippen molar-refractivity contribution in [1.29, 1.82) is 0 Å². The van der Waals surface area contributed by atoms with Crippen LogP contribution in [0.25, 0.3) is 0 Å². The highest BCUT2D eigenvalue weighted by Gasteiger charge is 2.14. The molecule has 0 aliphatic carbocycles. The fraction of sp³-hybridized carbons (Fsp3) is 0.500. The van der Waals surface area contributed by atoms with Crippen molar-refractivity contribution in [3.8, 4) is 11.5 Å². The highest BCUT2D eigenvalue weighted by Crippen LogP contribution is 2.27. The fourth-order valence-electron chi connectivity index (χ4n) is 1.64. The Kier molecular flexibility index (Phi) is 4.59. The van der Waals surface area contributed by atoms with Crippen molar-refractivity contribution in [2.75, 3.05) is 14.2 Å². The average molecular weight is 251 g/mol. The molecule has 0 fully saturated rings. The van der Waals surface area contributed by atoms with Crippen LogP contribution in [-0.4, -0.2) is 25.7 Å². The molecule has 1 rings (SSSR count). The van der Waals surface area contributed by atoms with Crippen molar-refractivity contribution in [1.82, 2.24) is 5.32 Å². The maximum absolute atomic E-state index is 11.8. The Morgan fingerprint density at radius 2 is 1.78 bits per heavy atom. The van der Waals surface area contributed by atoms with Gasteiger partial charge in [-0.2, -0.15) is 0 Å². The molecule has 0 atom stereocenters. The summed E-state index contributed by atoms with van der Waals surface area (Å²) in [7, 11) is 3.17. The molecule has 1 amide bonds. The number of nitrogens with one attached hydrogen (secondary N) is 1. The van der Waals surface area contributed by atoms with Crippen LogP contribution in [0.2, 0.25) is 0 Å². The predicted molar refractivity (Wildman–Crippen MR) is 71.1 cm³/mol. The maximum atomic E-state index is 11.8. The number of hydrogen-bond donors (Lipinski definition) is 1. The summed E-state index contributed by atoms with van der Waals surface area (Å²) in [6.45, 7) is 5.87. The normalized spacial score (nSPS) is 10.9. The lowest BCUT2D eigenvalue weighted by molar-refractivity contribution is -0.121. The SMILES string of the molecule is COc1ccc(CC(=O)NC(C)(C)C)cc1OC. The molecular formula is C14H21NO3. The van der Waals surface area contributed by atoms with Crippen LogP contribution in [0.5, 0.6) is 11.5 Å². The Balaban J connectivity index is 2.76. The second-order valence-electron chi connectivity index (χ2n) is 5.16. The topological polar surface area (TPSA) is 47.6 Å². The smallest absolute Gasteiger partial charge is 0.224 e. The number of benzene rings is 1. The molecule has 0 bridgehead atoms. The number of hydrogen-bond acceptors (Lipinski definition) is 3. The van der Waals surface area contributed by atoms with E-state index >= 15 is 0 Å². The standard InChI is InChI=1S/C14H21NO3/c1-14(2,3)15-13(16)9-10-6-7-11(17-4)12(8-10)18-5/h6-8H,9H2,1-5H3,(H,15,16). The highest BCUT2D eigenvalue weighted by molar-refractivity contribution is 5.79. The van der Waals surface area contributed by atoms with Gasteiger partial charge in [0.1, 0.15) is 0 Å². The van der Waals surface area contributed by atoms with Gasteiger partial charge in [0.2, 0.25) is 5.91 Å². The molecule has 0 heterocycles. The van der Waals surface area contributed by atoms with Crippen LogP contribution >= 0.6 is 0 Å². The van der Waals surface area contributed by atoms with E-state index in [1.54, 1.807) is 20.3 Å². The Labute approximate surface area is 108 Å². The summed E-state index contributed by atoms with van der Waals surface area (Å²) in [5.74, 6) is 1.30. The Morgan fingerprint density at radius 3 is 2.28 bits per heavy atom. The molecule has 4 nitrogen and oxygen atoms in total. The molecule has 0 saturated carbocycles. The van der Waals surface area contributed by atoms with Crippen LogP contribution < -0.4 is 14.8 Å². The van der Waals surface area contributed by atoms with Crippen molar-refractivity contribution < 1.29 is 14.3 Å². The number of carbonyl (C=O) groups excluding carboxylic acids is 1. The number of ether oxygens (including phenoxy) is 2. The third kappa shape index (κ3) is 4.28. The van der Waals surface area contributed by atoms with Gasteiger partial charge in [0.05, 0.1) is 20.6 Å². The van der Waals surface area contributed by atoms with Crippen molar-refractivity contribution in [2.45, 2.75) is 32.7 Å². The van der Waals surface area contributed by atoms with Crippen molar-refractivity contribution in [2.24, 2.45) is 0 Å². The zero-order valence-corrected chi connectivity index (χ0v) is 11.7. The van der Waals surface area contributed by atoms with Crippen LogP contribution in [0.15, 0.2) is 18.2 Å². The molecule has 0 aromatic heterocycles. The third-order valence-electron chi connectivity index (χ3n) is 2.33. The van der Waals surface area contributed by atoms with Crippen LogP contribution in [0.1, 0.15) is 26.3 Å². The summed E-state index contributed by atoms with van der Waals surface area (Å²) in [6, 6.07) is 5.49. The molecular weight excluding hydrogens is 230 g/mol. The van der Waals surface area contributed by atoms with Gasteiger partial charge < -0.3 is 14.8 Å². The first-order valence-electron chi connectivity index (χ1n) is 5.87. The summed E-state index contributed by atoms with van der Waals surface area (Å²) in [5, 5.41) is 2.92. The van der Waals surface area contributed by atoms with Gasteiger partial charge in [-0.05, 0) is 38.5 Å². The van der Waals surface area contributed by atoms with E-state index in [0.29, 0.717) is 17.9 Å². The second-order valence-corrected chi connectivity index (χ2v) is 5.16. The van der Waals surface area contributed by atoms with E-state index in [9.17, 15) is 4.79 Å². The molecule has 0 radical (unpaired) electrons. The van der Waals surface area contributed by atoms with Gasteiger partial charge >= 0.3 is 0 Å². The quantitative estimate of drug-likeness (QED) is 0.892. The molecule has 18 heavy (non-hydrogen) atoms. The summed E-state index contributed by atoms with van der Waals surface area (Å²) in [4.78, 5) is 11.8. The molecule has 0 aliphatic rings. The van der Waals surface area contributed by atoms with E-state index in [-0.39, 0.29) is 11.4 Å². The first-order chi connectivity index (χ1) is 8.35. The molecule has 0 spiro atoms. The third-order valence-corrected chi connectivity index (χ3v) is 2.33. The van der Waals surface area contributed by atoms with Gasteiger partial charge in [-0.1, -0.05) is 6.07 Å². The van der Waals surface area contributed by atoms with Crippen LogP contribution in [-0.2, 0) is 11.2 Å². The van der Waals surface area contributed by atoms with Gasteiger partial charge in [-0.15, -0.1) is 0 Å². The van der Waals surface area contributed by atoms with Crippen LogP contribution in [0.3, 0.4) is 0 Å². The minimum atomic E-state index is -0.215. The van der Waals surface area contributed by atoms with Crippen LogP contribution in [0, 0.1) is 0 Å². The van der Waals surface area contributed by atoms with E-state index in [1.807, 2.05) is 32.9 Å². The summed E-state index contributed by atoms with van der Waals surface area (Å²) >= 11 is 0. The molecule has 0 aliphatic heterocycles. The van der Waals surface area contributed by atoms with Gasteiger partial charge in [-0.25, -0.2) is 0 Å². The summed E-state index contributed by atoms with van der Waals surface area (Å²) in [5.41, 5.74) is 0.683. The van der Waals surface area contributed by atoms with Gasteiger partial charge in [-0.3, -0.25) is 4.79 Å². The van der Waals surface area contributed by atoms with Gasteiger partial charge in [0.15, 0.2) is 11.5 Å². The average Bonchev–Trinajstić information content (AvgIpc) is 2.26. The Morgan fingerprint density at radius 1 is 1.17 bits per heavy atom. The Bertz CT molecular complexity index is 422. The predicted octanol–water partition coefficient (Wildman–Crippen LogP) is 2.16. The molecule has 1 aromatic rings. The van der Waals surface area contributed by atoms with Crippen molar-refractivity contribution >= 4 is 5.91 Å². The molecule has 0 saturated heterocycles. The molecule has 1 aromatic carbocycles. The summed E-state index contributed by atoms with van der Waals surface area (Å²) < 4.78 is 10.4. The highest BCUT2D eigenvalue weighted by atomic mass is 16.5. The van der Waals surface area contributed by atoms with E-state index in [1.165, 1.54) is 0 Å². The second kappa shape index (κ2) is 5.76. The minimum absolute atomic E-state index is 0.00489. The minimum Gasteiger partial charge on any atom is -0.493 e. The zero-order valence-electron chi connectivity index (χ0n) is 11.7. The largest absolute Gasteiger partial charge is 0.493 e. The lowest BCUT2D eigenvalue weighted by Gasteiger charge is -2.20. The van der Waals surface area contributed by atoms with E-state index < -0.39 is 0 Å². The van der Waals surface area contributed by atoms with Crippen molar-refractivity contribution in [3.05, 3.63) is 23.8 Å². The van der Waals surface area contributed by atoms with Crippen molar-refractivity contribution in [3.63, 3.8) is 0 Å². The van der Waals surface area contributed by atoms with E-state index in [0.717, 1.165) is 5.56 Å². The van der Waals surface area contributed by atoms with E-state index in [4.69, 9.17) is 9.47 Å². The Hall–Kier alpha value is -1.71. The monoisotopic (exact) mass is 251 g/mol.